The number of anilines is 1. The molecule has 146 valence electrons. The Hall–Kier alpha value is -2.96. The highest BCUT2D eigenvalue weighted by atomic mass is 16.6. The third kappa shape index (κ3) is 3.69. The summed E-state index contributed by atoms with van der Waals surface area (Å²) in [6, 6.07) is 9.18. The van der Waals surface area contributed by atoms with Crippen LogP contribution in [0.25, 0.3) is 0 Å². The predicted octanol–water partition coefficient (Wildman–Crippen LogP) is 3.65. The van der Waals surface area contributed by atoms with Crippen LogP contribution in [-0.2, 0) is 10.3 Å². The van der Waals surface area contributed by atoms with Crippen LogP contribution in [0.4, 0.5) is 10.5 Å². The first-order chi connectivity index (χ1) is 13.5. The van der Waals surface area contributed by atoms with Gasteiger partial charge >= 0.3 is 6.09 Å². The lowest BCUT2D eigenvalue weighted by molar-refractivity contribution is -0.0201. The molecule has 0 bridgehead atoms. The maximum atomic E-state index is 12.8. The summed E-state index contributed by atoms with van der Waals surface area (Å²) in [6.07, 6.45) is 3.10. The van der Waals surface area contributed by atoms with Crippen LogP contribution in [0.3, 0.4) is 0 Å². The third-order valence-corrected chi connectivity index (χ3v) is 5.35. The Bertz CT molecular complexity index is 926. The van der Waals surface area contributed by atoms with Gasteiger partial charge in [0, 0.05) is 30.3 Å². The number of amides is 2. The fourth-order valence-electron chi connectivity index (χ4n) is 3.59. The molecular formula is C21H24N4O3. The number of nitrogens with one attached hydrogen (secondary N) is 2. The Morgan fingerprint density at radius 2 is 2.14 bits per heavy atom. The molecular weight excluding hydrogens is 356 g/mol. The normalized spacial score (nSPS) is 21.6. The summed E-state index contributed by atoms with van der Waals surface area (Å²) in [7, 11) is 0. The molecule has 28 heavy (non-hydrogen) atoms. The van der Waals surface area contributed by atoms with E-state index in [-0.39, 0.29) is 5.91 Å². The SMILES string of the molecule is CC[C@@]1(c2cccc(NC(=O)c3cc(C)nc(C4CC4)n3)c2)CCNC(=O)O1. The molecule has 4 rings (SSSR count). The van der Waals surface area contributed by atoms with Gasteiger partial charge < -0.3 is 15.4 Å². The van der Waals surface area contributed by atoms with Gasteiger partial charge in [0.05, 0.1) is 0 Å². The van der Waals surface area contributed by atoms with Crippen molar-refractivity contribution in [2.24, 2.45) is 0 Å². The summed E-state index contributed by atoms with van der Waals surface area (Å²) >= 11 is 0. The molecule has 2 aliphatic rings. The van der Waals surface area contributed by atoms with Crippen LogP contribution >= 0.6 is 0 Å². The van der Waals surface area contributed by atoms with Crippen molar-refractivity contribution in [2.45, 2.75) is 51.0 Å². The molecule has 2 aromatic rings. The van der Waals surface area contributed by atoms with Crippen LogP contribution in [0, 0.1) is 6.92 Å². The smallest absolute Gasteiger partial charge is 0.408 e. The monoisotopic (exact) mass is 380 g/mol. The molecule has 1 aliphatic carbocycles. The van der Waals surface area contributed by atoms with E-state index in [1.807, 2.05) is 38.1 Å². The fraction of sp³-hybridized carbons (Fsp3) is 0.429. The highest BCUT2D eigenvalue weighted by molar-refractivity contribution is 6.03. The van der Waals surface area contributed by atoms with Crippen molar-refractivity contribution < 1.29 is 14.3 Å². The average Bonchev–Trinajstić information content (AvgIpc) is 3.53. The van der Waals surface area contributed by atoms with Crippen molar-refractivity contribution in [3.63, 3.8) is 0 Å². The van der Waals surface area contributed by atoms with Crippen molar-refractivity contribution in [1.29, 1.82) is 0 Å². The highest BCUT2D eigenvalue weighted by Crippen LogP contribution is 2.38. The number of rotatable bonds is 5. The molecule has 7 nitrogen and oxygen atoms in total. The standard InChI is InChI=1S/C21H24N4O3/c1-3-21(9-10-22-20(27)28-21)15-5-4-6-16(12-15)24-19(26)17-11-13(2)23-18(25-17)14-7-8-14/h4-6,11-12,14H,3,7-10H2,1-2H3,(H,22,27)(H,24,26)/t21-/m0/s1. The minimum Gasteiger partial charge on any atom is -0.438 e. The summed E-state index contributed by atoms with van der Waals surface area (Å²) in [5, 5.41) is 5.61. The summed E-state index contributed by atoms with van der Waals surface area (Å²) in [5.74, 6) is 0.872. The molecule has 2 amide bonds. The zero-order valence-electron chi connectivity index (χ0n) is 16.1. The quantitative estimate of drug-likeness (QED) is 0.826. The van der Waals surface area contributed by atoms with Gasteiger partial charge in [0.2, 0.25) is 0 Å². The second kappa shape index (κ2) is 7.22. The molecule has 1 saturated heterocycles. The molecule has 1 atom stereocenters. The second-order valence-electron chi connectivity index (χ2n) is 7.48. The molecule has 0 spiro atoms. The number of aromatic nitrogens is 2. The van der Waals surface area contributed by atoms with Crippen LogP contribution in [0.5, 0.6) is 0 Å². The first kappa shape index (κ1) is 18.4. The van der Waals surface area contributed by atoms with Gasteiger partial charge in [0.1, 0.15) is 17.1 Å². The van der Waals surface area contributed by atoms with Crippen molar-refractivity contribution in [3.8, 4) is 0 Å². The number of hydrogen-bond donors (Lipinski definition) is 2. The van der Waals surface area contributed by atoms with E-state index in [1.54, 1.807) is 6.07 Å². The molecule has 7 heteroatoms. The van der Waals surface area contributed by atoms with Crippen molar-refractivity contribution in [1.82, 2.24) is 15.3 Å². The topological polar surface area (TPSA) is 93.2 Å². The highest BCUT2D eigenvalue weighted by Gasteiger charge is 2.37. The number of alkyl carbamates (subject to hydrolysis) is 1. The molecule has 2 N–H and O–H groups in total. The zero-order valence-corrected chi connectivity index (χ0v) is 16.1. The van der Waals surface area contributed by atoms with Gasteiger partial charge in [0.25, 0.3) is 5.91 Å². The van der Waals surface area contributed by atoms with Gasteiger partial charge in [-0.05, 0) is 49.9 Å². The van der Waals surface area contributed by atoms with Crippen LogP contribution in [0.2, 0.25) is 0 Å². The fourth-order valence-corrected chi connectivity index (χ4v) is 3.59. The molecule has 1 aromatic carbocycles. The first-order valence-corrected chi connectivity index (χ1v) is 9.73. The van der Waals surface area contributed by atoms with Crippen LogP contribution in [-0.4, -0.2) is 28.5 Å². The molecule has 1 aromatic heterocycles. The lowest BCUT2D eigenvalue weighted by atomic mass is 9.86. The number of cyclic esters (lactones) is 1. The number of nitrogens with zero attached hydrogens (tertiary/aromatic N) is 2. The lowest BCUT2D eigenvalue weighted by Crippen LogP contribution is -2.45. The van der Waals surface area contributed by atoms with Gasteiger partial charge in [-0.3, -0.25) is 4.79 Å². The van der Waals surface area contributed by atoms with Gasteiger partial charge in [-0.2, -0.15) is 0 Å². The lowest BCUT2D eigenvalue weighted by Gasteiger charge is -2.36. The average molecular weight is 380 g/mol. The molecule has 2 heterocycles. The van der Waals surface area contributed by atoms with Gasteiger partial charge in [-0.1, -0.05) is 19.1 Å². The van der Waals surface area contributed by atoms with Crippen LogP contribution < -0.4 is 10.6 Å². The predicted molar refractivity (Wildman–Crippen MR) is 104 cm³/mol. The van der Waals surface area contributed by atoms with Crippen LogP contribution in [0.15, 0.2) is 30.3 Å². The van der Waals surface area contributed by atoms with Crippen molar-refractivity contribution >= 4 is 17.7 Å². The van der Waals surface area contributed by atoms with Gasteiger partial charge in [0.15, 0.2) is 0 Å². The molecule has 2 fully saturated rings. The number of carbonyl (C=O) groups excluding carboxylic acids is 2. The molecule has 0 unspecified atom stereocenters. The number of aryl methyl sites for hydroxylation is 1. The summed E-state index contributed by atoms with van der Waals surface area (Å²) in [6.45, 7) is 4.43. The van der Waals surface area contributed by atoms with Gasteiger partial charge in [-0.15, -0.1) is 0 Å². The zero-order chi connectivity index (χ0) is 19.7. The number of hydrogen-bond acceptors (Lipinski definition) is 5. The van der Waals surface area contributed by atoms with E-state index in [9.17, 15) is 9.59 Å². The van der Waals surface area contributed by atoms with E-state index in [4.69, 9.17) is 4.74 Å². The summed E-state index contributed by atoms with van der Waals surface area (Å²) in [5.41, 5.74) is 2.02. The summed E-state index contributed by atoms with van der Waals surface area (Å²) in [4.78, 5) is 33.4. The van der Waals surface area contributed by atoms with Crippen molar-refractivity contribution in [3.05, 3.63) is 53.1 Å². The minimum atomic E-state index is -0.673. The Morgan fingerprint density at radius 1 is 1.32 bits per heavy atom. The van der Waals surface area contributed by atoms with E-state index >= 15 is 0 Å². The summed E-state index contributed by atoms with van der Waals surface area (Å²) < 4.78 is 5.64. The molecule has 0 radical (unpaired) electrons. The number of benzene rings is 1. The first-order valence-electron chi connectivity index (χ1n) is 9.73. The van der Waals surface area contributed by atoms with E-state index in [0.717, 1.165) is 29.9 Å². The minimum absolute atomic E-state index is 0.266. The Labute approximate surface area is 163 Å². The molecule has 1 aliphatic heterocycles. The molecule has 1 saturated carbocycles. The van der Waals surface area contributed by atoms with Crippen molar-refractivity contribution in [2.75, 3.05) is 11.9 Å². The maximum absolute atomic E-state index is 12.8. The van der Waals surface area contributed by atoms with Gasteiger partial charge in [-0.25, -0.2) is 14.8 Å². The maximum Gasteiger partial charge on any atom is 0.408 e. The third-order valence-electron chi connectivity index (χ3n) is 5.35. The number of ether oxygens (including phenoxy) is 1. The largest absolute Gasteiger partial charge is 0.438 e. The number of carbonyl (C=O) groups is 2. The van der Waals surface area contributed by atoms with E-state index in [1.165, 1.54) is 0 Å². The van der Waals surface area contributed by atoms with E-state index in [2.05, 4.69) is 20.6 Å². The second-order valence-corrected chi connectivity index (χ2v) is 7.48. The van der Waals surface area contributed by atoms with Crippen LogP contribution in [0.1, 0.15) is 66.1 Å². The Balaban J connectivity index is 1.56. The Morgan fingerprint density at radius 3 is 2.86 bits per heavy atom. The van der Waals surface area contributed by atoms with E-state index in [0.29, 0.717) is 36.7 Å². The van der Waals surface area contributed by atoms with E-state index < -0.39 is 11.7 Å². The Kier molecular flexibility index (Phi) is 4.75.